The molecule has 1 fully saturated rings. The Morgan fingerprint density at radius 3 is 2.68 bits per heavy atom. The van der Waals surface area contributed by atoms with Crippen molar-refractivity contribution in [1.29, 1.82) is 5.26 Å². The number of anilines is 1. The van der Waals surface area contributed by atoms with Crippen molar-refractivity contribution >= 4 is 5.69 Å². The van der Waals surface area contributed by atoms with E-state index >= 15 is 0 Å². The molecule has 1 aromatic carbocycles. The molecule has 19 heavy (non-hydrogen) atoms. The van der Waals surface area contributed by atoms with Gasteiger partial charge in [-0.3, -0.25) is 0 Å². The summed E-state index contributed by atoms with van der Waals surface area (Å²) in [5, 5.41) is 28.1. The second-order valence-electron chi connectivity index (χ2n) is 5.43. The van der Waals surface area contributed by atoms with Crippen LogP contribution < -0.4 is 4.90 Å². The van der Waals surface area contributed by atoms with Crippen LogP contribution in [0.4, 0.5) is 5.69 Å². The van der Waals surface area contributed by atoms with Gasteiger partial charge >= 0.3 is 0 Å². The molecule has 0 aliphatic heterocycles. The Kier molecular flexibility index (Phi) is 4.08. The molecule has 0 spiro atoms. The van der Waals surface area contributed by atoms with Crippen LogP contribution in [-0.2, 0) is 0 Å². The minimum Gasteiger partial charge on any atom is -0.393 e. The Bertz CT molecular complexity index is 487. The molecule has 1 aliphatic rings. The van der Waals surface area contributed by atoms with E-state index in [0.29, 0.717) is 11.5 Å². The summed E-state index contributed by atoms with van der Waals surface area (Å²) in [7, 11) is 1.97. The van der Waals surface area contributed by atoms with Gasteiger partial charge < -0.3 is 15.1 Å². The number of rotatable bonds is 4. The van der Waals surface area contributed by atoms with E-state index in [-0.39, 0.29) is 6.10 Å². The first-order chi connectivity index (χ1) is 9.01. The quantitative estimate of drug-likeness (QED) is 0.866. The molecule has 4 heteroatoms. The monoisotopic (exact) mass is 260 g/mol. The molecule has 1 atom stereocenters. The van der Waals surface area contributed by atoms with E-state index in [1.165, 1.54) is 0 Å². The summed E-state index contributed by atoms with van der Waals surface area (Å²) in [4.78, 5) is 2.07. The fraction of sp³-hybridized carbons (Fsp3) is 0.533. The number of aliphatic hydroxyl groups is 2. The fourth-order valence-corrected chi connectivity index (χ4v) is 2.63. The lowest BCUT2D eigenvalue weighted by Gasteiger charge is -2.36. The predicted molar refractivity (Wildman–Crippen MR) is 73.8 cm³/mol. The van der Waals surface area contributed by atoms with Gasteiger partial charge in [0.15, 0.2) is 0 Å². The van der Waals surface area contributed by atoms with Crippen molar-refractivity contribution in [2.45, 2.75) is 32.0 Å². The summed E-state index contributed by atoms with van der Waals surface area (Å²) < 4.78 is 0. The first kappa shape index (κ1) is 13.9. The lowest BCUT2D eigenvalue weighted by atomic mass is 9.82. The molecule has 1 aliphatic carbocycles. The number of hydrogen-bond acceptors (Lipinski definition) is 4. The summed E-state index contributed by atoms with van der Waals surface area (Å²) in [6.45, 7) is 2.57. The highest BCUT2D eigenvalue weighted by atomic mass is 16.3. The first-order valence-corrected chi connectivity index (χ1v) is 6.62. The molecular formula is C15H20N2O2. The molecule has 4 nitrogen and oxygen atoms in total. The van der Waals surface area contributed by atoms with Gasteiger partial charge in [-0.2, -0.15) is 5.26 Å². The minimum absolute atomic E-state index is 0.153. The summed E-state index contributed by atoms with van der Waals surface area (Å²) in [5.41, 5.74) is 2.33. The molecule has 0 saturated heterocycles. The second-order valence-corrected chi connectivity index (χ2v) is 5.43. The van der Waals surface area contributed by atoms with Gasteiger partial charge in [-0.15, -0.1) is 0 Å². The van der Waals surface area contributed by atoms with Crippen LogP contribution in [-0.4, -0.2) is 29.9 Å². The Balaban J connectivity index is 2.18. The minimum atomic E-state index is -0.558. The molecule has 0 aromatic heterocycles. The topological polar surface area (TPSA) is 67.5 Å². The standard InChI is InChI=1S/C15H20N2O2/c1-10(18)14-4-3-11(8-16)7-15(14)17(2)9-12-5-13(19)6-12/h3-4,7,10,12-13,18-19H,5-6,9H2,1-2H3/t10-,12?,13?/m0/s1. The largest absolute Gasteiger partial charge is 0.393 e. The Morgan fingerprint density at radius 1 is 1.47 bits per heavy atom. The van der Waals surface area contributed by atoms with Crippen LogP contribution in [0.2, 0.25) is 0 Å². The summed E-state index contributed by atoms with van der Waals surface area (Å²) >= 11 is 0. The number of nitrogens with zero attached hydrogens (tertiary/aromatic N) is 2. The van der Waals surface area contributed by atoms with Gasteiger partial charge in [0.25, 0.3) is 0 Å². The van der Waals surface area contributed by atoms with Crippen molar-refractivity contribution in [3.8, 4) is 6.07 Å². The number of hydrogen-bond donors (Lipinski definition) is 2. The van der Waals surface area contributed by atoms with Crippen LogP contribution in [0.1, 0.15) is 37.0 Å². The van der Waals surface area contributed by atoms with E-state index in [0.717, 1.165) is 30.6 Å². The molecular weight excluding hydrogens is 240 g/mol. The molecule has 0 unspecified atom stereocenters. The Morgan fingerprint density at radius 2 is 2.16 bits per heavy atom. The molecule has 0 bridgehead atoms. The van der Waals surface area contributed by atoms with Crippen molar-refractivity contribution in [3.63, 3.8) is 0 Å². The third-order valence-corrected chi connectivity index (χ3v) is 3.76. The molecule has 0 radical (unpaired) electrons. The molecule has 0 heterocycles. The van der Waals surface area contributed by atoms with Crippen LogP contribution in [0.25, 0.3) is 0 Å². The van der Waals surface area contributed by atoms with Crippen molar-refractivity contribution in [2.24, 2.45) is 5.92 Å². The zero-order valence-corrected chi connectivity index (χ0v) is 11.4. The van der Waals surface area contributed by atoms with Gasteiger partial charge in [-0.1, -0.05) is 6.07 Å². The summed E-state index contributed by atoms with van der Waals surface area (Å²) in [6.07, 6.45) is 0.968. The molecule has 2 N–H and O–H groups in total. The van der Waals surface area contributed by atoms with Gasteiger partial charge in [0.05, 0.1) is 23.8 Å². The fourth-order valence-electron chi connectivity index (χ4n) is 2.63. The van der Waals surface area contributed by atoms with E-state index < -0.39 is 6.10 Å². The highest BCUT2D eigenvalue weighted by molar-refractivity contribution is 5.58. The van der Waals surface area contributed by atoms with Gasteiger partial charge in [0.1, 0.15) is 0 Å². The lowest BCUT2D eigenvalue weighted by Crippen LogP contribution is -2.37. The number of aliphatic hydroxyl groups excluding tert-OH is 2. The van der Waals surface area contributed by atoms with Crippen LogP contribution in [0, 0.1) is 17.2 Å². The van der Waals surface area contributed by atoms with Crippen LogP contribution in [0.15, 0.2) is 18.2 Å². The van der Waals surface area contributed by atoms with Crippen LogP contribution >= 0.6 is 0 Å². The molecule has 2 rings (SSSR count). The lowest BCUT2D eigenvalue weighted by molar-refractivity contribution is 0.0464. The van der Waals surface area contributed by atoms with Crippen molar-refractivity contribution in [1.82, 2.24) is 0 Å². The maximum absolute atomic E-state index is 9.81. The van der Waals surface area contributed by atoms with E-state index in [2.05, 4.69) is 11.0 Å². The normalized spacial score (nSPS) is 23.3. The third kappa shape index (κ3) is 3.06. The van der Waals surface area contributed by atoms with Crippen molar-refractivity contribution in [2.75, 3.05) is 18.5 Å². The third-order valence-electron chi connectivity index (χ3n) is 3.76. The maximum atomic E-state index is 9.81. The van der Waals surface area contributed by atoms with Crippen molar-refractivity contribution in [3.05, 3.63) is 29.3 Å². The summed E-state index contributed by atoms with van der Waals surface area (Å²) in [5.74, 6) is 0.493. The van der Waals surface area contributed by atoms with Crippen molar-refractivity contribution < 1.29 is 10.2 Å². The summed E-state index contributed by atoms with van der Waals surface area (Å²) in [6, 6.07) is 7.48. The average Bonchev–Trinajstić information content (AvgIpc) is 2.35. The second kappa shape index (κ2) is 5.60. The zero-order chi connectivity index (χ0) is 14.0. The van der Waals surface area contributed by atoms with E-state index in [1.54, 1.807) is 13.0 Å². The highest BCUT2D eigenvalue weighted by Gasteiger charge is 2.28. The van der Waals surface area contributed by atoms with E-state index in [4.69, 9.17) is 5.26 Å². The molecule has 1 aromatic rings. The highest BCUT2D eigenvalue weighted by Crippen LogP contribution is 2.32. The van der Waals surface area contributed by atoms with Gasteiger partial charge in [0.2, 0.25) is 0 Å². The van der Waals surface area contributed by atoms with Gasteiger partial charge in [0, 0.05) is 24.8 Å². The molecule has 1 saturated carbocycles. The number of nitriles is 1. The Labute approximate surface area is 113 Å². The van der Waals surface area contributed by atoms with E-state index in [1.807, 2.05) is 19.2 Å². The predicted octanol–water partition coefficient (Wildman–Crippen LogP) is 1.82. The molecule has 0 amide bonds. The Hall–Kier alpha value is -1.57. The van der Waals surface area contributed by atoms with Crippen LogP contribution in [0.3, 0.4) is 0 Å². The van der Waals surface area contributed by atoms with Gasteiger partial charge in [-0.25, -0.2) is 0 Å². The zero-order valence-electron chi connectivity index (χ0n) is 11.4. The van der Waals surface area contributed by atoms with Gasteiger partial charge in [-0.05, 0) is 37.8 Å². The average molecular weight is 260 g/mol. The van der Waals surface area contributed by atoms with E-state index in [9.17, 15) is 10.2 Å². The van der Waals surface area contributed by atoms with Crippen LogP contribution in [0.5, 0.6) is 0 Å². The SMILES string of the molecule is C[C@H](O)c1ccc(C#N)cc1N(C)CC1CC(O)C1. The first-order valence-electron chi connectivity index (χ1n) is 6.62. The maximum Gasteiger partial charge on any atom is 0.0992 e. The number of benzene rings is 1. The molecule has 102 valence electrons. The smallest absolute Gasteiger partial charge is 0.0992 e.